The Morgan fingerprint density at radius 1 is 1.16 bits per heavy atom. The van der Waals surface area contributed by atoms with Crippen molar-refractivity contribution < 1.29 is 31.5 Å². The number of halogens is 6. The second kappa shape index (κ2) is 11.7. The molecule has 3 atom stereocenters. The molecule has 0 spiro atoms. The number of anilines is 1. The van der Waals surface area contributed by atoms with Gasteiger partial charge in [-0.3, -0.25) is 9.36 Å². The number of alkyl halides is 3. The molecule has 0 N–H and O–H groups in total. The van der Waals surface area contributed by atoms with Crippen molar-refractivity contribution in [2.24, 2.45) is 0 Å². The molecule has 1 aromatic heterocycles. The van der Waals surface area contributed by atoms with Crippen LogP contribution in [-0.4, -0.2) is 64.0 Å². The molecule has 1 fully saturated rings. The van der Waals surface area contributed by atoms with Gasteiger partial charge in [0.05, 0.1) is 28.8 Å². The number of benzene rings is 2. The SMILES string of the molecule is C=CC(=O)N1[C@H](C)CN(c2nc(=O)n3c4c(c(-c5cc(Cl)c(F)cc5F)c(C(F)(F)F)cc24)SC[C@@H](OCC)C3)C[C@@H]1C. The third-order valence-electron chi connectivity index (χ3n) is 7.63. The van der Waals surface area contributed by atoms with Crippen molar-refractivity contribution in [1.29, 1.82) is 0 Å². The van der Waals surface area contributed by atoms with Crippen LogP contribution in [0.1, 0.15) is 26.3 Å². The van der Waals surface area contributed by atoms with Crippen molar-refractivity contribution in [2.75, 3.05) is 30.3 Å². The van der Waals surface area contributed by atoms with Crippen LogP contribution in [0.4, 0.5) is 27.8 Å². The van der Waals surface area contributed by atoms with Gasteiger partial charge >= 0.3 is 11.9 Å². The number of rotatable bonds is 5. The molecule has 0 unspecified atom stereocenters. The average Bonchev–Trinajstić information content (AvgIpc) is 3.12. The predicted molar refractivity (Wildman–Crippen MR) is 156 cm³/mol. The zero-order valence-corrected chi connectivity index (χ0v) is 25.0. The molecule has 0 saturated carbocycles. The molecule has 2 aliphatic heterocycles. The number of hydrogen-bond donors (Lipinski definition) is 0. The average molecular weight is 643 g/mol. The van der Waals surface area contributed by atoms with Gasteiger partial charge in [-0.15, -0.1) is 11.8 Å². The highest BCUT2D eigenvalue weighted by molar-refractivity contribution is 7.99. The van der Waals surface area contributed by atoms with Gasteiger partial charge in [0.2, 0.25) is 5.91 Å². The maximum Gasteiger partial charge on any atom is 0.417 e. The standard InChI is InChI=1S/C29H28ClF5N4O3S/c1-5-23(40)39-14(3)10-37(11-15(39)4)27-18-7-19(29(33,34)35)24(17-8-20(30)22(32)9-21(17)31)26-25(18)38(28(41)36-27)12-16(13-43-26)42-6-2/h5,7-9,14-16H,1,6,10-13H2,2-4H3/t14-,15+,16-/m0/s1. The Balaban J connectivity index is 1.84. The molecule has 0 radical (unpaired) electrons. The maximum absolute atomic E-state index is 15.3. The highest BCUT2D eigenvalue weighted by Gasteiger charge is 2.40. The number of amides is 1. The third-order valence-corrected chi connectivity index (χ3v) is 9.15. The van der Waals surface area contributed by atoms with Crippen LogP contribution in [0.25, 0.3) is 22.0 Å². The van der Waals surface area contributed by atoms with Gasteiger partial charge in [0.1, 0.15) is 17.5 Å². The van der Waals surface area contributed by atoms with Crippen LogP contribution in [0.5, 0.6) is 0 Å². The van der Waals surface area contributed by atoms with E-state index in [1.807, 2.05) is 0 Å². The lowest BCUT2D eigenvalue weighted by Gasteiger charge is -2.44. The Kier molecular flexibility index (Phi) is 8.53. The van der Waals surface area contributed by atoms with Crippen molar-refractivity contribution in [3.05, 3.63) is 63.6 Å². The number of carbonyl (C=O) groups excluding carboxylic acids is 1. The molecule has 7 nitrogen and oxygen atoms in total. The Bertz CT molecular complexity index is 1670. The lowest BCUT2D eigenvalue weighted by Crippen LogP contribution is -2.58. The molecular weight excluding hydrogens is 615 g/mol. The second-order valence-electron chi connectivity index (χ2n) is 10.5. The minimum Gasteiger partial charge on any atom is -0.376 e. The Morgan fingerprint density at radius 3 is 2.44 bits per heavy atom. The summed E-state index contributed by atoms with van der Waals surface area (Å²) in [6.45, 7) is 9.54. The number of ether oxygens (including phenoxy) is 1. The number of thioether (sulfide) groups is 1. The normalized spacial score (nSPS) is 20.8. The van der Waals surface area contributed by atoms with Crippen molar-refractivity contribution in [1.82, 2.24) is 14.5 Å². The van der Waals surface area contributed by atoms with Gasteiger partial charge in [-0.2, -0.15) is 18.2 Å². The van der Waals surface area contributed by atoms with Crippen LogP contribution >= 0.6 is 23.4 Å². The van der Waals surface area contributed by atoms with E-state index in [1.54, 1.807) is 30.6 Å². The van der Waals surface area contributed by atoms with Gasteiger partial charge in [-0.1, -0.05) is 18.2 Å². The molecule has 1 amide bonds. The lowest BCUT2D eigenvalue weighted by atomic mass is 9.95. The van der Waals surface area contributed by atoms with Gasteiger partial charge in [-0.25, -0.2) is 13.6 Å². The van der Waals surface area contributed by atoms with Crippen LogP contribution in [0, 0.1) is 11.6 Å². The first-order valence-electron chi connectivity index (χ1n) is 13.5. The lowest BCUT2D eigenvalue weighted by molar-refractivity contribution is -0.137. The van der Waals surface area contributed by atoms with E-state index >= 15 is 4.39 Å². The summed E-state index contributed by atoms with van der Waals surface area (Å²) in [7, 11) is 0. The number of piperazine rings is 1. The molecule has 2 aromatic carbocycles. The number of aromatic nitrogens is 2. The van der Waals surface area contributed by atoms with Gasteiger partial charge in [0.25, 0.3) is 0 Å². The molecular formula is C29H28ClF5N4O3S. The van der Waals surface area contributed by atoms with Crippen LogP contribution in [0.15, 0.2) is 40.5 Å². The Morgan fingerprint density at radius 2 is 1.84 bits per heavy atom. The monoisotopic (exact) mass is 642 g/mol. The van der Waals surface area contributed by atoms with Crippen LogP contribution < -0.4 is 10.6 Å². The number of carbonyl (C=O) groups is 1. The summed E-state index contributed by atoms with van der Waals surface area (Å²) >= 11 is 6.92. The van der Waals surface area contributed by atoms with E-state index in [4.69, 9.17) is 16.3 Å². The van der Waals surface area contributed by atoms with E-state index in [0.29, 0.717) is 6.07 Å². The minimum absolute atomic E-state index is 0.00232. The van der Waals surface area contributed by atoms with Crippen LogP contribution in [0.2, 0.25) is 5.02 Å². The topological polar surface area (TPSA) is 67.7 Å². The Labute approximate surface area is 253 Å². The molecule has 5 rings (SSSR count). The van der Waals surface area contributed by atoms with Crippen molar-refractivity contribution in [3.8, 4) is 11.1 Å². The van der Waals surface area contributed by atoms with E-state index in [2.05, 4.69) is 11.6 Å². The first-order chi connectivity index (χ1) is 20.3. The first kappa shape index (κ1) is 31.3. The van der Waals surface area contributed by atoms with E-state index in [0.717, 1.165) is 23.9 Å². The predicted octanol–water partition coefficient (Wildman–Crippen LogP) is 6.14. The second-order valence-corrected chi connectivity index (χ2v) is 12.0. The molecule has 0 aliphatic carbocycles. The van der Waals surface area contributed by atoms with Crippen LogP contribution in [-0.2, 0) is 22.3 Å². The minimum atomic E-state index is -4.98. The van der Waals surface area contributed by atoms with Gasteiger partial charge in [0.15, 0.2) is 0 Å². The molecule has 3 heterocycles. The largest absolute Gasteiger partial charge is 0.417 e. The summed E-state index contributed by atoms with van der Waals surface area (Å²) in [5.74, 6) is -2.47. The molecule has 2 aliphatic rings. The first-order valence-corrected chi connectivity index (χ1v) is 14.9. The Hall–Kier alpha value is -3.16. The molecule has 1 saturated heterocycles. The van der Waals surface area contributed by atoms with E-state index in [1.165, 1.54) is 10.6 Å². The highest BCUT2D eigenvalue weighted by atomic mass is 35.5. The smallest absolute Gasteiger partial charge is 0.376 e. The van der Waals surface area contributed by atoms with Crippen molar-refractivity contribution in [3.63, 3.8) is 0 Å². The quantitative estimate of drug-likeness (QED) is 0.189. The van der Waals surface area contributed by atoms with Gasteiger partial charge in [0, 0.05) is 65.0 Å². The summed E-state index contributed by atoms with van der Waals surface area (Å²) in [5.41, 5.74) is -2.86. The zero-order valence-electron chi connectivity index (χ0n) is 23.5. The fourth-order valence-corrected chi connectivity index (χ4v) is 7.39. The summed E-state index contributed by atoms with van der Waals surface area (Å²) in [5, 5.41) is -0.516. The van der Waals surface area contributed by atoms with E-state index in [-0.39, 0.29) is 71.6 Å². The van der Waals surface area contributed by atoms with Gasteiger partial charge in [-0.05, 0) is 39.0 Å². The van der Waals surface area contributed by atoms with Gasteiger partial charge < -0.3 is 14.5 Å². The molecule has 230 valence electrons. The van der Waals surface area contributed by atoms with E-state index in [9.17, 15) is 27.2 Å². The molecule has 43 heavy (non-hydrogen) atoms. The fourth-order valence-electron chi connectivity index (χ4n) is 5.95. The summed E-state index contributed by atoms with van der Waals surface area (Å²) in [6, 6.07) is 1.38. The maximum atomic E-state index is 15.3. The molecule has 0 bridgehead atoms. The summed E-state index contributed by atoms with van der Waals surface area (Å²) < 4.78 is 80.9. The highest BCUT2D eigenvalue weighted by Crippen LogP contribution is 2.49. The summed E-state index contributed by atoms with van der Waals surface area (Å²) in [6.07, 6.45) is -4.34. The van der Waals surface area contributed by atoms with Crippen molar-refractivity contribution in [2.45, 2.75) is 56.6 Å². The summed E-state index contributed by atoms with van der Waals surface area (Å²) in [4.78, 5) is 33.6. The van der Waals surface area contributed by atoms with Crippen LogP contribution in [0.3, 0.4) is 0 Å². The zero-order chi connectivity index (χ0) is 31.4. The van der Waals surface area contributed by atoms with Crippen molar-refractivity contribution >= 4 is 46.0 Å². The van der Waals surface area contributed by atoms with E-state index < -0.39 is 51.3 Å². The number of nitrogens with zero attached hydrogens (tertiary/aromatic N) is 4. The third kappa shape index (κ3) is 5.62. The molecule has 3 aromatic rings. The fraction of sp³-hybridized carbons (Fsp3) is 0.414. The number of hydrogen-bond acceptors (Lipinski definition) is 6. The molecule has 14 heteroatoms.